The van der Waals surface area contributed by atoms with Crippen molar-refractivity contribution in [3.05, 3.63) is 30.3 Å². The van der Waals surface area contributed by atoms with Gasteiger partial charge in [0.1, 0.15) is 0 Å². The minimum absolute atomic E-state index is 0.516. The van der Waals surface area contributed by atoms with Crippen molar-refractivity contribution in [2.45, 2.75) is 25.8 Å². The molecule has 1 aromatic rings. The first kappa shape index (κ1) is 17.1. The molecule has 2 aliphatic rings. The van der Waals surface area contributed by atoms with Crippen LogP contribution in [-0.2, 0) is 0 Å². The van der Waals surface area contributed by atoms with Crippen molar-refractivity contribution < 1.29 is 0 Å². The monoisotopic (exact) mass is 329 g/mol. The lowest BCUT2D eigenvalue weighted by molar-refractivity contribution is 0.197. The lowest BCUT2D eigenvalue weighted by Crippen LogP contribution is -2.53. The summed E-state index contributed by atoms with van der Waals surface area (Å²) in [6.45, 7) is 8.74. The van der Waals surface area contributed by atoms with Crippen molar-refractivity contribution >= 4 is 11.6 Å². The molecule has 2 fully saturated rings. The Morgan fingerprint density at radius 2 is 1.83 bits per heavy atom. The second kappa shape index (κ2) is 8.38. The number of hydrogen-bond acceptors (Lipinski definition) is 3. The molecule has 0 spiro atoms. The molecule has 1 saturated heterocycles. The second-order valence-electron chi connectivity index (χ2n) is 6.98. The van der Waals surface area contributed by atoms with Crippen LogP contribution in [0, 0.1) is 5.92 Å². The topological polar surface area (TPSA) is 42.9 Å². The second-order valence-corrected chi connectivity index (χ2v) is 6.98. The zero-order valence-corrected chi connectivity index (χ0v) is 15.0. The van der Waals surface area contributed by atoms with E-state index >= 15 is 0 Å². The maximum atomic E-state index is 4.32. The summed E-state index contributed by atoms with van der Waals surface area (Å²) in [4.78, 5) is 9.37. The van der Waals surface area contributed by atoms with Crippen molar-refractivity contribution in [3.8, 4) is 0 Å². The third-order valence-electron chi connectivity index (χ3n) is 5.10. The van der Waals surface area contributed by atoms with E-state index in [9.17, 15) is 0 Å². The third kappa shape index (κ3) is 4.87. The van der Waals surface area contributed by atoms with E-state index in [-0.39, 0.29) is 0 Å². The van der Waals surface area contributed by atoms with Crippen LogP contribution in [0.5, 0.6) is 0 Å². The Kier molecular flexibility index (Phi) is 5.96. The number of nitrogens with one attached hydrogen (secondary N) is 2. The number of nitrogens with zero attached hydrogens (tertiary/aromatic N) is 3. The van der Waals surface area contributed by atoms with Gasteiger partial charge in [0.2, 0.25) is 0 Å². The van der Waals surface area contributed by atoms with Crippen molar-refractivity contribution in [1.82, 2.24) is 15.5 Å². The minimum Gasteiger partial charge on any atom is -0.369 e. The molecule has 0 radical (unpaired) electrons. The number of rotatable bonds is 6. The molecule has 1 aromatic carbocycles. The molecule has 0 bridgehead atoms. The smallest absolute Gasteiger partial charge is 0.191 e. The summed E-state index contributed by atoms with van der Waals surface area (Å²) in [5.41, 5.74) is 1.34. The number of guanidine groups is 1. The van der Waals surface area contributed by atoms with Gasteiger partial charge in [-0.25, -0.2) is 0 Å². The maximum absolute atomic E-state index is 4.32. The van der Waals surface area contributed by atoms with E-state index in [1.165, 1.54) is 18.5 Å². The average molecular weight is 329 g/mol. The van der Waals surface area contributed by atoms with E-state index in [1.807, 2.05) is 7.05 Å². The molecule has 24 heavy (non-hydrogen) atoms. The zero-order valence-electron chi connectivity index (χ0n) is 15.0. The molecule has 1 aliphatic carbocycles. The van der Waals surface area contributed by atoms with E-state index in [2.05, 4.69) is 62.7 Å². The van der Waals surface area contributed by atoms with Crippen LogP contribution in [0.25, 0.3) is 0 Å². The number of para-hydroxylation sites is 1. The van der Waals surface area contributed by atoms with Gasteiger partial charge in [-0.1, -0.05) is 18.2 Å². The fraction of sp³-hybridized carbons (Fsp3) is 0.632. The van der Waals surface area contributed by atoms with Crippen LogP contribution in [-0.4, -0.2) is 63.2 Å². The zero-order chi connectivity index (χ0) is 16.8. The molecule has 1 atom stereocenters. The Morgan fingerprint density at radius 1 is 1.12 bits per heavy atom. The summed E-state index contributed by atoms with van der Waals surface area (Å²) >= 11 is 0. The number of anilines is 1. The Labute approximate surface area is 146 Å². The lowest BCUT2D eigenvalue weighted by Gasteiger charge is -2.39. The van der Waals surface area contributed by atoms with Gasteiger partial charge in [-0.3, -0.25) is 9.89 Å². The van der Waals surface area contributed by atoms with E-state index < -0.39 is 0 Å². The highest BCUT2D eigenvalue weighted by Crippen LogP contribution is 2.27. The largest absolute Gasteiger partial charge is 0.369 e. The molecule has 0 aromatic heterocycles. The fourth-order valence-corrected chi connectivity index (χ4v) is 3.22. The molecule has 2 N–H and O–H groups in total. The van der Waals surface area contributed by atoms with Crippen molar-refractivity contribution in [2.75, 3.05) is 51.2 Å². The van der Waals surface area contributed by atoms with Gasteiger partial charge < -0.3 is 15.5 Å². The predicted octanol–water partition coefficient (Wildman–Crippen LogP) is 1.77. The molecule has 3 rings (SSSR count). The first-order valence-corrected chi connectivity index (χ1v) is 9.25. The maximum Gasteiger partial charge on any atom is 0.191 e. The molecule has 0 amide bonds. The third-order valence-corrected chi connectivity index (χ3v) is 5.10. The van der Waals surface area contributed by atoms with Crippen LogP contribution < -0.4 is 15.5 Å². The summed E-state index contributed by atoms with van der Waals surface area (Å²) in [7, 11) is 1.85. The molecule has 132 valence electrons. The molecule has 1 heterocycles. The number of piperazine rings is 1. The Hall–Kier alpha value is -1.75. The minimum atomic E-state index is 0.516. The van der Waals surface area contributed by atoms with Crippen LogP contribution in [0.2, 0.25) is 0 Å². The Morgan fingerprint density at radius 3 is 2.46 bits per heavy atom. The van der Waals surface area contributed by atoms with Crippen molar-refractivity contribution in [3.63, 3.8) is 0 Å². The molecule has 1 saturated carbocycles. The fourth-order valence-electron chi connectivity index (χ4n) is 3.22. The number of aliphatic imine (C=N–C) groups is 1. The Bertz CT molecular complexity index is 518. The van der Waals surface area contributed by atoms with Crippen LogP contribution in [0.4, 0.5) is 5.69 Å². The van der Waals surface area contributed by atoms with Gasteiger partial charge in [0.15, 0.2) is 5.96 Å². The summed E-state index contributed by atoms with van der Waals surface area (Å²) < 4.78 is 0. The molecule has 1 aliphatic heterocycles. The highest BCUT2D eigenvalue weighted by atomic mass is 15.3. The van der Waals surface area contributed by atoms with Crippen molar-refractivity contribution in [2.24, 2.45) is 10.9 Å². The highest BCUT2D eigenvalue weighted by Gasteiger charge is 2.23. The van der Waals surface area contributed by atoms with Crippen LogP contribution in [0.1, 0.15) is 19.8 Å². The van der Waals surface area contributed by atoms with E-state index in [0.717, 1.165) is 51.1 Å². The molecule has 5 nitrogen and oxygen atoms in total. The molecular weight excluding hydrogens is 298 g/mol. The van der Waals surface area contributed by atoms with Gasteiger partial charge in [-0.15, -0.1) is 0 Å². The SMILES string of the molecule is CN=C(NCC1CC1)NCC(C)N1CCN(c2ccccc2)CC1. The van der Waals surface area contributed by atoms with E-state index in [4.69, 9.17) is 0 Å². The summed E-state index contributed by atoms with van der Waals surface area (Å²) in [5, 5.41) is 6.91. The van der Waals surface area contributed by atoms with E-state index in [0.29, 0.717) is 6.04 Å². The summed E-state index contributed by atoms with van der Waals surface area (Å²) in [6, 6.07) is 11.2. The summed E-state index contributed by atoms with van der Waals surface area (Å²) in [5.74, 6) is 1.81. The number of hydrogen-bond donors (Lipinski definition) is 2. The van der Waals surface area contributed by atoms with Gasteiger partial charge in [0.25, 0.3) is 0 Å². The van der Waals surface area contributed by atoms with Gasteiger partial charge in [0.05, 0.1) is 0 Å². The first-order chi connectivity index (χ1) is 11.8. The molecule has 1 unspecified atom stereocenters. The normalized spacial score (nSPS) is 20.8. The predicted molar refractivity (Wildman–Crippen MR) is 102 cm³/mol. The van der Waals surface area contributed by atoms with Crippen LogP contribution >= 0.6 is 0 Å². The Balaban J connectivity index is 1.39. The quantitative estimate of drug-likeness (QED) is 0.617. The first-order valence-electron chi connectivity index (χ1n) is 9.25. The van der Waals surface area contributed by atoms with Gasteiger partial charge in [-0.05, 0) is 37.8 Å². The highest BCUT2D eigenvalue weighted by molar-refractivity contribution is 5.79. The summed E-state index contributed by atoms with van der Waals surface area (Å²) in [6.07, 6.45) is 2.73. The lowest BCUT2D eigenvalue weighted by atomic mass is 10.2. The molecule has 5 heteroatoms. The average Bonchev–Trinajstić information content (AvgIpc) is 3.47. The number of benzene rings is 1. The van der Waals surface area contributed by atoms with Gasteiger partial charge in [-0.2, -0.15) is 0 Å². The van der Waals surface area contributed by atoms with Crippen LogP contribution in [0.15, 0.2) is 35.3 Å². The van der Waals surface area contributed by atoms with E-state index in [1.54, 1.807) is 0 Å². The van der Waals surface area contributed by atoms with Gasteiger partial charge >= 0.3 is 0 Å². The van der Waals surface area contributed by atoms with Crippen molar-refractivity contribution in [1.29, 1.82) is 0 Å². The standard InChI is InChI=1S/C19H31N5/c1-16(14-21-19(20-2)22-15-17-8-9-17)23-10-12-24(13-11-23)18-6-4-3-5-7-18/h3-7,16-17H,8-15H2,1-2H3,(H2,20,21,22). The molecular formula is C19H31N5. The van der Waals surface area contributed by atoms with Crippen LogP contribution in [0.3, 0.4) is 0 Å². The van der Waals surface area contributed by atoms with Gasteiger partial charge in [0, 0.05) is 58.0 Å².